The smallest absolute Gasteiger partial charge is 0.251 e. The summed E-state index contributed by atoms with van der Waals surface area (Å²) in [5.41, 5.74) is 1.02. The molecular weight excluding hydrogens is 292 g/mol. The summed E-state index contributed by atoms with van der Waals surface area (Å²) in [6.45, 7) is 4.38. The molecule has 0 aliphatic heterocycles. The third kappa shape index (κ3) is 5.02. The van der Waals surface area contributed by atoms with Gasteiger partial charge < -0.3 is 10.1 Å². The molecule has 0 radical (unpaired) electrons. The second kappa shape index (κ2) is 7.42. The number of methoxy groups -OCH3 is 1. The average molecular weight is 314 g/mol. The first-order chi connectivity index (χ1) is 9.79. The zero-order valence-corrected chi connectivity index (χ0v) is 13.6. The molecule has 1 rings (SSSR count). The van der Waals surface area contributed by atoms with Crippen LogP contribution in [0, 0.1) is 0 Å². The highest BCUT2D eigenvalue weighted by Crippen LogP contribution is 2.18. The number of sulfonamides is 1. The van der Waals surface area contributed by atoms with E-state index in [-0.39, 0.29) is 11.9 Å². The van der Waals surface area contributed by atoms with Gasteiger partial charge in [0.1, 0.15) is 0 Å². The molecule has 0 saturated heterocycles. The Balaban J connectivity index is 2.85. The minimum atomic E-state index is -3.31. The maximum absolute atomic E-state index is 12.0. The standard InChI is InChI=1S/C14H22N2O4S/c1-5-16(21(4,18)19)13-8-6-12(7-9-13)14(17)15-11(2)10-20-3/h6-9,11H,5,10H2,1-4H3,(H,15,17). The minimum absolute atomic E-state index is 0.0923. The van der Waals surface area contributed by atoms with Gasteiger partial charge in [0.2, 0.25) is 10.0 Å². The summed E-state index contributed by atoms with van der Waals surface area (Å²) in [5, 5.41) is 2.79. The van der Waals surface area contributed by atoms with Crippen LogP contribution in [0.4, 0.5) is 5.69 Å². The topological polar surface area (TPSA) is 75.7 Å². The van der Waals surface area contributed by atoms with Crippen LogP contribution < -0.4 is 9.62 Å². The largest absolute Gasteiger partial charge is 0.383 e. The third-order valence-corrected chi connectivity index (χ3v) is 4.17. The Morgan fingerprint density at radius 3 is 2.33 bits per heavy atom. The first-order valence-electron chi connectivity index (χ1n) is 6.67. The molecule has 1 atom stereocenters. The van der Waals surface area contributed by atoms with Crippen molar-refractivity contribution in [3.05, 3.63) is 29.8 Å². The highest BCUT2D eigenvalue weighted by molar-refractivity contribution is 7.92. The van der Waals surface area contributed by atoms with Gasteiger partial charge in [-0.1, -0.05) is 0 Å². The van der Waals surface area contributed by atoms with Gasteiger partial charge >= 0.3 is 0 Å². The van der Waals surface area contributed by atoms with E-state index in [1.165, 1.54) is 4.31 Å². The van der Waals surface area contributed by atoms with Crippen molar-refractivity contribution in [1.29, 1.82) is 0 Å². The number of benzene rings is 1. The molecule has 0 spiro atoms. The Morgan fingerprint density at radius 2 is 1.90 bits per heavy atom. The van der Waals surface area contributed by atoms with Gasteiger partial charge in [0.05, 0.1) is 18.6 Å². The van der Waals surface area contributed by atoms with Crippen LogP contribution in [-0.4, -0.2) is 46.9 Å². The lowest BCUT2D eigenvalue weighted by Crippen LogP contribution is -2.35. The predicted molar refractivity (Wildman–Crippen MR) is 83.1 cm³/mol. The summed E-state index contributed by atoms with van der Waals surface area (Å²) in [7, 11) is -1.74. The highest BCUT2D eigenvalue weighted by Gasteiger charge is 2.16. The Morgan fingerprint density at radius 1 is 1.33 bits per heavy atom. The molecule has 118 valence electrons. The Labute approximate surface area is 126 Å². The molecule has 0 aromatic heterocycles. The molecule has 6 nitrogen and oxygen atoms in total. The number of nitrogens with one attached hydrogen (secondary N) is 1. The van der Waals surface area contributed by atoms with E-state index in [0.29, 0.717) is 24.4 Å². The first-order valence-corrected chi connectivity index (χ1v) is 8.52. The van der Waals surface area contributed by atoms with E-state index in [1.54, 1.807) is 38.3 Å². The molecule has 0 bridgehead atoms. The molecule has 0 aliphatic carbocycles. The van der Waals surface area contributed by atoms with Gasteiger partial charge in [-0.05, 0) is 38.1 Å². The van der Waals surface area contributed by atoms with Gasteiger partial charge in [0.25, 0.3) is 5.91 Å². The van der Waals surface area contributed by atoms with Crippen molar-refractivity contribution in [3.8, 4) is 0 Å². The van der Waals surface area contributed by atoms with E-state index >= 15 is 0 Å². The molecule has 1 N–H and O–H groups in total. The summed E-state index contributed by atoms with van der Waals surface area (Å²) in [6, 6.07) is 6.38. The second-order valence-electron chi connectivity index (χ2n) is 4.80. The molecule has 7 heteroatoms. The fourth-order valence-corrected chi connectivity index (χ4v) is 2.96. The number of nitrogens with zero attached hydrogens (tertiary/aromatic N) is 1. The Bertz CT molecular complexity index is 569. The lowest BCUT2D eigenvalue weighted by Gasteiger charge is -2.20. The number of anilines is 1. The molecule has 1 amide bonds. The highest BCUT2D eigenvalue weighted by atomic mass is 32.2. The van der Waals surface area contributed by atoms with Crippen LogP contribution in [0.3, 0.4) is 0 Å². The molecule has 21 heavy (non-hydrogen) atoms. The Hall–Kier alpha value is -1.60. The van der Waals surface area contributed by atoms with Crippen LogP contribution in [-0.2, 0) is 14.8 Å². The third-order valence-electron chi connectivity index (χ3n) is 2.90. The van der Waals surface area contributed by atoms with Gasteiger partial charge in [-0.15, -0.1) is 0 Å². The molecule has 0 heterocycles. The van der Waals surface area contributed by atoms with E-state index in [0.717, 1.165) is 6.26 Å². The average Bonchev–Trinajstić information content (AvgIpc) is 2.38. The van der Waals surface area contributed by atoms with Gasteiger partial charge in [0, 0.05) is 25.3 Å². The van der Waals surface area contributed by atoms with Gasteiger partial charge in [-0.2, -0.15) is 0 Å². The number of hydrogen-bond donors (Lipinski definition) is 1. The lowest BCUT2D eigenvalue weighted by molar-refractivity contribution is 0.0905. The molecule has 0 fully saturated rings. The first kappa shape index (κ1) is 17.5. The van der Waals surface area contributed by atoms with Crippen molar-refractivity contribution in [1.82, 2.24) is 5.32 Å². The van der Waals surface area contributed by atoms with Gasteiger partial charge in [0.15, 0.2) is 0 Å². The van der Waals surface area contributed by atoms with Crippen molar-refractivity contribution in [2.75, 3.05) is 30.8 Å². The molecule has 1 aromatic rings. The van der Waals surface area contributed by atoms with E-state index in [1.807, 2.05) is 6.92 Å². The zero-order chi connectivity index (χ0) is 16.0. The SMILES string of the molecule is CCN(c1ccc(C(=O)NC(C)COC)cc1)S(C)(=O)=O. The van der Waals surface area contributed by atoms with Crippen molar-refractivity contribution in [3.63, 3.8) is 0 Å². The summed E-state index contributed by atoms with van der Waals surface area (Å²) in [5.74, 6) is -0.214. The summed E-state index contributed by atoms with van der Waals surface area (Å²) in [6.07, 6.45) is 1.16. The van der Waals surface area contributed by atoms with Crippen LogP contribution in [0.1, 0.15) is 24.2 Å². The number of carbonyl (C=O) groups excluding carboxylic acids is 1. The van der Waals surface area contributed by atoms with Crippen molar-refractivity contribution >= 4 is 21.6 Å². The van der Waals surface area contributed by atoms with E-state index in [4.69, 9.17) is 4.74 Å². The fraction of sp³-hybridized carbons (Fsp3) is 0.500. The minimum Gasteiger partial charge on any atom is -0.383 e. The van der Waals surface area contributed by atoms with Crippen LogP contribution in [0.25, 0.3) is 0 Å². The molecule has 1 aromatic carbocycles. The zero-order valence-electron chi connectivity index (χ0n) is 12.8. The quantitative estimate of drug-likeness (QED) is 0.821. The van der Waals surface area contributed by atoms with Crippen molar-refractivity contribution in [2.45, 2.75) is 19.9 Å². The van der Waals surface area contributed by atoms with E-state index in [2.05, 4.69) is 5.32 Å². The van der Waals surface area contributed by atoms with E-state index < -0.39 is 10.0 Å². The predicted octanol–water partition coefficient (Wildman–Crippen LogP) is 1.24. The number of rotatable bonds is 7. The van der Waals surface area contributed by atoms with Crippen molar-refractivity contribution < 1.29 is 17.9 Å². The van der Waals surface area contributed by atoms with Crippen molar-refractivity contribution in [2.24, 2.45) is 0 Å². The molecule has 0 aliphatic rings. The number of carbonyl (C=O) groups is 1. The lowest BCUT2D eigenvalue weighted by atomic mass is 10.2. The molecule has 1 unspecified atom stereocenters. The Kier molecular flexibility index (Phi) is 6.17. The fourth-order valence-electron chi connectivity index (χ4n) is 1.99. The van der Waals surface area contributed by atoms with Gasteiger partial charge in [-0.3, -0.25) is 9.10 Å². The molecule has 0 saturated carbocycles. The number of amides is 1. The van der Waals surface area contributed by atoms with E-state index in [9.17, 15) is 13.2 Å². The summed E-state index contributed by atoms with van der Waals surface area (Å²) in [4.78, 5) is 12.0. The second-order valence-corrected chi connectivity index (χ2v) is 6.71. The molecular formula is C14H22N2O4S. The van der Waals surface area contributed by atoms with Crippen LogP contribution in [0.5, 0.6) is 0 Å². The normalized spacial score (nSPS) is 12.8. The van der Waals surface area contributed by atoms with Crippen LogP contribution >= 0.6 is 0 Å². The van der Waals surface area contributed by atoms with Crippen LogP contribution in [0.15, 0.2) is 24.3 Å². The van der Waals surface area contributed by atoms with Gasteiger partial charge in [-0.25, -0.2) is 8.42 Å². The monoisotopic (exact) mass is 314 g/mol. The summed E-state index contributed by atoms with van der Waals surface area (Å²) >= 11 is 0. The maximum atomic E-state index is 12.0. The number of hydrogen-bond acceptors (Lipinski definition) is 4. The number of ether oxygens (including phenoxy) is 1. The van der Waals surface area contributed by atoms with Crippen LogP contribution in [0.2, 0.25) is 0 Å². The maximum Gasteiger partial charge on any atom is 0.251 e. The summed E-state index contributed by atoms with van der Waals surface area (Å²) < 4.78 is 29.5.